The zero-order valence-corrected chi connectivity index (χ0v) is 28.0. The lowest BCUT2D eigenvalue weighted by Crippen LogP contribution is -2.40. The number of rotatable bonds is 13. The maximum absolute atomic E-state index is 14.3. The lowest BCUT2D eigenvalue weighted by molar-refractivity contribution is -0.137. The first-order chi connectivity index (χ1) is 24.2. The van der Waals surface area contributed by atoms with Gasteiger partial charge >= 0.3 is 6.18 Å². The van der Waals surface area contributed by atoms with E-state index in [-0.39, 0.29) is 66.2 Å². The van der Waals surface area contributed by atoms with E-state index in [4.69, 9.17) is 4.11 Å². The minimum Gasteiger partial charge on any atom is -0.336 e. The predicted octanol–water partition coefficient (Wildman–Crippen LogP) is 7.53. The summed E-state index contributed by atoms with van der Waals surface area (Å²) in [4.78, 5) is 35.4. The van der Waals surface area contributed by atoms with Crippen LogP contribution in [-0.2, 0) is 42.7 Å². The summed E-state index contributed by atoms with van der Waals surface area (Å²) in [6, 6.07) is 9.76. The number of aromatic nitrogens is 2. The van der Waals surface area contributed by atoms with E-state index in [1.54, 1.807) is 28.5 Å². The van der Waals surface area contributed by atoms with Crippen molar-refractivity contribution in [2.45, 2.75) is 70.2 Å². The number of thioether (sulfide) groups is 1. The lowest BCUT2D eigenvalue weighted by atomic mass is 9.97. The third-order valence-corrected chi connectivity index (χ3v) is 9.66. The van der Waals surface area contributed by atoms with Gasteiger partial charge in [0.05, 0.1) is 9.68 Å². The summed E-state index contributed by atoms with van der Waals surface area (Å²) in [5, 5.41) is 0.370. The van der Waals surface area contributed by atoms with Crippen LogP contribution in [0.4, 0.5) is 17.6 Å². The van der Waals surface area contributed by atoms with Crippen LogP contribution in [0.5, 0.6) is 0 Å². The van der Waals surface area contributed by atoms with Gasteiger partial charge in [-0.15, -0.1) is 0 Å². The highest BCUT2D eigenvalue weighted by Gasteiger charge is 2.30. The Kier molecular flexibility index (Phi) is 10.1. The first kappa shape index (κ1) is 31.3. The van der Waals surface area contributed by atoms with Gasteiger partial charge in [-0.1, -0.05) is 68.0 Å². The molecule has 11 heteroatoms. The molecule has 1 aliphatic carbocycles. The number of carbonyl (C=O) groups excluding carboxylic acids is 1. The van der Waals surface area contributed by atoms with E-state index >= 15 is 0 Å². The molecule has 4 aromatic rings. The normalized spacial score (nSPS) is 13.7. The molecule has 1 heterocycles. The summed E-state index contributed by atoms with van der Waals surface area (Å²) >= 11 is 1.28. The molecule has 0 saturated heterocycles. The molecule has 0 fully saturated rings. The van der Waals surface area contributed by atoms with Gasteiger partial charge in [-0.2, -0.15) is 18.2 Å². The molecule has 0 bridgehead atoms. The average Bonchev–Trinajstić information content (AvgIpc) is 3.61. The van der Waals surface area contributed by atoms with Gasteiger partial charge in [0.1, 0.15) is 12.4 Å². The Labute approximate surface area is 287 Å². The Morgan fingerprint density at radius 3 is 2.38 bits per heavy atom. The molecular weight excluding hydrogens is 640 g/mol. The van der Waals surface area contributed by atoms with Crippen LogP contribution in [0, 0.1) is 12.7 Å². The Morgan fingerprint density at radius 1 is 1.00 bits per heavy atom. The SMILES string of the molecule is [2H]c1c([2H])c(-c2ccc(C(F)(F)F)cc2)c(C)c([2H])c1CN(CCN(CC)CC)C(=O)Cn1c(SCc2ccc(F)cc2)nc(=O)c2c1CCC2. The topological polar surface area (TPSA) is 58.4 Å². The summed E-state index contributed by atoms with van der Waals surface area (Å²) < 4.78 is 81.7. The molecule has 5 rings (SSSR count). The zero-order chi connectivity index (χ0) is 37.0. The van der Waals surface area contributed by atoms with Gasteiger partial charge in [0, 0.05) is 36.6 Å². The number of hydrogen-bond acceptors (Lipinski definition) is 5. The molecule has 0 unspecified atom stereocenters. The Hall–Kier alpha value is -3.96. The van der Waals surface area contributed by atoms with Crippen LogP contribution in [-0.4, -0.2) is 51.4 Å². The lowest BCUT2D eigenvalue weighted by Gasteiger charge is -2.28. The monoisotopic (exact) mass is 683 g/mol. The van der Waals surface area contributed by atoms with Crippen LogP contribution in [0.15, 0.2) is 76.6 Å². The second-order valence-corrected chi connectivity index (χ2v) is 12.7. The van der Waals surface area contributed by atoms with Gasteiger partial charge < -0.3 is 14.4 Å². The molecule has 1 aromatic heterocycles. The van der Waals surface area contributed by atoms with Crippen molar-refractivity contribution in [3.05, 3.63) is 116 Å². The van der Waals surface area contributed by atoms with E-state index in [0.717, 1.165) is 42.9 Å². The highest BCUT2D eigenvalue weighted by atomic mass is 32.2. The second kappa shape index (κ2) is 15.5. The van der Waals surface area contributed by atoms with Gasteiger partial charge in [-0.05, 0) is 91.4 Å². The third kappa shape index (κ3) is 8.54. The van der Waals surface area contributed by atoms with Crippen molar-refractivity contribution in [3.63, 3.8) is 0 Å². The van der Waals surface area contributed by atoms with E-state index in [1.165, 1.54) is 36.0 Å². The molecular formula is C37H40F4N4O2S. The van der Waals surface area contributed by atoms with Crippen molar-refractivity contribution < 1.29 is 26.5 Å². The Balaban J connectivity index is 1.49. The Bertz CT molecular complexity index is 1920. The fourth-order valence-corrected chi connectivity index (χ4v) is 6.82. The molecule has 1 amide bonds. The molecule has 0 N–H and O–H groups in total. The minimum absolute atomic E-state index is 0.0620. The minimum atomic E-state index is -4.53. The molecule has 1 aliphatic rings. The standard InChI is InChI=1S/C37H40F4N4O2S/c1-4-43(5-2)19-20-44(22-27-11-18-31(25(3)21-27)28-12-14-29(15-13-28)37(39,40)41)34(46)23-45-33-8-6-7-32(33)35(47)42-36(45)48-24-26-9-16-30(38)17-10-26/h9-18,21H,4-8,19-20,22-24H2,1-3H3/i11D,18D,21D. The van der Waals surface area contributed by atoms with E-state index in [1.807, 2.05) is 13.8 Å². The van der Waals surface area contributed by atoms with Crippen LogP contribution >= 0.6 is 11.8 Å². The number of carbonyl (C=O) groups is 1. The van der Waals surface area contributed by atoms with E-state index in [9.17, 15) is 27.2 Å². The predicted molar refractivity (Wildman–Crippen MR) is 181 cm³/mol. The first-order valence-electron chi connectivity index (χ1n) is 17.5. The molecule has 48 heavy (non-hydrogen) atoms. The van der Waals surface area contributed by atoms with E-state index in [2.05, 4.69) is 9.88 Å². The first-order valence-corrected chi connectivity index (χ1v) is 17.0. The largest absolute Gasteiger partial charge is 0.416 e. The van der Waals surface area contributed by atoms with Crippen molar-refractivity contribution >= 4 is 17.7 Å². The van der Waals surface area contributed by atoms with Crippen molar-refractivity contribution in [2.75, 3.05) is 26.2 Å². The fourth-order valence-electron chi connectivity index (χ4n) is 5.85. The van der Waals surface area contributed by atoms with Crippen molar-refractivity contribution in [3.8, 4) is 11.1 Å². The summed E-state index contributed by atoms with van der Waals surface area (Å²) in [5.41, 5.74) is 1.96. The summed E-state index contributed by atoms with van der Waals surface area (Å²) in [6.45, 7) is 7.60. The van der Waals surface area contributed by atoms with Crippen LogP contribution in [0.3, 0.4) is 0 Å². The summed E-state index contributed by atoms with van der Waals surface area (Å²) in [7, 11) is 0. The van der Waals surface area contributed by atoms with Crippen molar-refractivity contribution in [1.29, 1.82) is 0 Å². The van der Waals surface area contributed by atoms with Crippen LogP contribution in [0.1, 0.15) is 57.9 Å². The summed E-state index contributed by atoms with van der Waals surface area (Å²) in [6.07, 6.45) is -2.62. The van der Waals surface area contributed by atoms with Gasteiger partial charge in [-0.25, -0.2) is 4.39 Å². The molecule has 0 spiro atoms. The second-order valence-electron chi connectivity index (χ2n) is 11.8. The molecule has 0 atom stereocenters. The molecule has 3 aromatic carbocycles. The maximum Gasteiger partial charge on any atom is 0.416 e. The molecule has 0 radical (unpaired) electrons. The fraction of sp³-hybridized carbons (Fsp3) is 0.378. The van der Waals surface area contributed by atoms with Crippen LogP contribution in [0.25, 0.3) is 11.1 Å². The molecule has 6 nitrogen and oxygen atoms in total. The van der Waals surface area contributed by atoms with Gasteiger partial charge in [0.25, 0.3) is 5.56 Å². The molecule has 0 saturated carbocycles. The summed E-state index contributed by atoms with van der Waals surface area (Å²) in [5.74, 6) is -0.285. The molecule has 0 aliphatic heterocycles. The highest BCUT2D eigenvalue weighted by Crippen LogP contribution is 2.32. The van der Waals surface area contributed by atoms with Crippen molar-refractivity contribution in [2.24, 2.45) is 0 Å². The molecule has 254 valence electrons. The van der Waals surface area contributed by atoms with E-state index in [0.29, 0.717) is 47.0 Å². The Morgan fingerprint density at radius 2 is 1.71 bits per heavy atom. The number of alkyl halides is 3. The number of benzene rings is 3. The highest BCUT2D eigenvalue weighted by molar-refractivity contribution is 7.98. The van der Waals surface area contributed by atoms with Gasteiger partial charge in [-0.3, -0.25) is 9.59 Å². The number of fused-ring (bicyclic) bond motifs is 1. The number of halogens is 4. The maximum atomic E-state index is 14.3. The number of amides is 1. The van der Waals surface area contributed by atoms with Gasteiger partial charge in [0.15, 0.2) is 5.16 Å². The average molecular weight is 684 g/mol. The smallest absolute Gasteiger partial charge is 0.336 e. The van der Waals surface area contributed by atoms with E-state index < -0.39 is 11.7 Å². The number of hydrogen-bond donors (Lipinski definition) is 0. The van der Waals surface area contributed by atoms with Gasteiger partial charge in [0.2, 0.25) is 5.91 Å². The number of likely N-dealkylation sites (N-methyl/N-ethyl adjacent to an activating group) is 1. The van der Waals surface area contributed by atoms with Crippen LogP contribution < -0.4 is 5.56 Å². The van der Waals surface area contributed by atoms with Crippen LogP contribution in [0.2, 0.25) is 0 Å². The quantitative estimate of drug-likeness (QED) is 0.0829. The number of nitrogens with zero attached hydrogens (tertiary/aromatic N) is 4. The van der Waals surface area contributed by atoms with Crippen molar-refractivity contribution in [1.82, 2.24) is 19.4 Å². The third-order valence-electron chi connectivity index (χ3n) is 8.61. The zero-order valence-electron chi connectivity index (χ0n) is 30.2.